The zero-order valence-corrected chi connectivity index (χ0v) is 20.1. The molecule has 0 aliphatic heterocycles. The summed E-state index contributed by atoms with van der Waals surface area (Å²) in [5, 5.41) is 8.43. The van der Waals surface area contributed by atoms with Gasteiger partial charge < -0.3 is 5.32 Å². The van der Waals surface area contributed by atoms with Gasteiger partial charge in [0.15, 0.2) is 5.69 Å². The summed E-state index contributed by atoms with van der Waals surface area (Å²) in [6, 6.07) is 14.1. The van der Waals surface area contributed by atoms with E-state index in [0.717, 1.165) is 11.8 Å². The minimum Gasteiger partial charge on any atom is -0.348 e. The predicted molar refractivity (Wildman–Crippen MR) is 126 cm³/mol. The third-order valence-corrected chi connectivity index (χ3v) is 5.63. The standard InChI is InChI=1S/C22H23Cl2N3O4S/c1-14(2)25-22(28)20-17(12-13-31-32(3,29)30)21(15-8-10-16(23)11-9-15)27(26-20)19-7-5-4-6-18(19)24/h4-11,14H,12-13H2,1-3H3,(H,25,28). The van der Waals surface area contributed by atoms with Crippen LogP contribution < -0.4 is 5.32 Å². The number of rotatable bonds is 8. The van der Waals surface area contributed by atoms with Crippen LogP contribution in [0.3, 0.4) is 0 Å². The Morgan fingerprint density at radius 1 is 1.12 bits per heavy atom. The largest absolute Gasteiger partial charge is 0.348 e. The summed E-state index contributed by atoms with van der Waals surface area (Å²) in [6.45, 7) is 3.54. The van der Waals surface area contributed by atoms with Crippen LogP contribution in [0.4, 0.5) is 0 Å². The Kier molecular flexibility index (Phi) is 7.61. The highest BCUT2D eigenvalue weighted by Gasteiger charge is 2.26. The van der Waals surface area contributed by atoms with Gasteiger partial charge in [-0.25, -0.2) is 4.68 Å². The number of hydrogen-bond acceptors (Lipinski definition) is 5. The maximum absolute atomic E-state index is 13.0. The molecule has 1 heterocycles. The van der Waals surface area contributed by atoms with Gasteiger partial charge in [0.05, 0.1) is 29.3 Å². The first kappa shape index (κ1) is 24.3. The first-order valence-electron chi connectivity index (χ1n) is 9.85. The van der Waals surface area contributed by atoms with Crippen molar-refractivity contribution in [1.29, 1.82) is 0 Å². The van der Waals surface area contributed by atoms with Crippen LogP contribution in [0.1, 0.15) is 29.9 Å². The van der Waals surface area contributed by atoms with E-state index in [1.54, 1.807) is 47.1 Å². The lowest BCUT2D eigenvalue weighted by molar-refractivity contribution is 0.0936. The number of hydrogen-bond donors (Lipinski definition) is 1. The molecule has 0 saturated carbocycles. The lowest BCUT2D eigenvalue weighted by Gasteiger charge is -2.12. The van der Waals surface area contributed by atoms with Gasteiger partial charge >= 0.3 is 0 Å². The van der Waals surface area contributed by atoms with Crippen molar-refractivity contribution in [3.63, 3.8) is 0 Å². The molecule has 1 N–H and O–H groups in total. The van der Waals surface area contributed by atoms with E-state index < -0.39 is 10.1 Å². The quantitative estimate of drug-likeness (QED) is 0.464. The van der Waals surface area contributed by atoms with Crippen LogP contribution in [0.5, 0.6) is 0 Å². The number of nitrogens with zero attached hydrogens (tertiary/aromatic N) is 2. The van der Waals surface area contributed by atoms with E-state index in [4.69, 9.17) is 27.4 Å². The number of aromatic nitrogens is 2. The molecule has 7 nitrogen and oxygen atoms in total. The SMILES string of the molecule is CC(C)NC(=O)c1nn(-c2ccccc2Cl)c(-c2ccc(Cl)cc2)c1CCOS(C)(=O)=O. The molecule has 0 saturated heterocycles. The van der Waals surface area contributed by atoms with Crippen molar-refractivity contribution in [3.05, 3.63) is 69.8 Å². The molecule has 0 bridgehead atoms. The monoisotopic (exact) mass is 495 g/mol. The molecule has 3 aromatic rings. The van der Waals surface area contributed by atoms with Crippen LogP contribution in [0.15, 0.2) is 48.5 Å². The second kappa shape index (κ2) is 10.0. The fraction of sp³-hybridized carbons (Fsp3) is 0.273. The number of halogens is 2. The van der Waals surface area contributed by atoms with E-state index in [2.05, 4.69) is 10.4 Å². The second-order valence-electron chi connectivity index (χ2n) is 7.45. The number of nitrogens with one attached hydrogen (secondary N) is 1. The summed E-state index contributed by atoms with van der Waals surface area (Å²) < 4.78 is 29.5. The molecule has 0 unspecified atom stereocenters. The fourth-order valence-electron chi connectivity index (χ4n) is 3.20. The van der Waals surface area contributed by atoms with Gasteiger partial charge in [0.1, 0.15) is 0 Å². The summed E-state index contributed by atoms with van der Waals surface area (Å²) >= 11 is 12.5. The molecule has 1 amide bonds. The van der Waals surface area contributed by atoms with Crippen LogP contribution in [0.2, 0.25) is 10.0 Å². The topological polar surface area (TPSA) is 90.3 Å². The molecule has 3 rings (SSSR count). The Hall–Kier alpha value is -2.39. The average Bonchev–Trinajstić information content (AvgIpc) is 3.07. The van der Waals surface area contributed by atoms with Gasteiger partial charge in [0, 0.05) is 28.6 Å². The third-order valence-electron chi connectivity index (χ3n) is 4.47. The molecule has 0 aliphatic carbocycles. The van der Waals surface area contributed by atoms with Crippen molar-refractivity contribution < 1.29 is 17.4 Å². The van der Waals surface area contributed by atoms with Crippen LogP contribution in [-0.4, -0.2) is 43.0 Å². The fourth-order valence-corrected chi connectivity index (χ4v) is 3.93. The van der Waals surface area contributed by atoms with E-state index in [9.17, 15) is 13.2 Å². The molecule has 2 aromatic carbocycles. The number of carbonyl (C=O) groups excluding carboxylic acids is 1. The average molecular weight is 496 g/mol. The van der Waals surface area contributed by atoms with Crippen molar-refractivity contribution in [2.24, 2.45) is 0 Å². The van der Waals surface area contributed by atoms with Crippen LogP contribution in [0, 0.1) is 0 Å². The van der Waals surface area contributed by atoms with E-state index >= 15 is 0 Å². The van der Waals surface area contributed by atoms with Gasteiger partial charge in [0.25, 0.3) is 16.0 Å². The van der Waals surface area contributed by atoms with Crippen molar-refractivity contribution in [3.8, 4) is 16.9 Å². The van der Waals surface area contributed by atoms with Crippen molar-refractivity contribution >= 4 is 39.2 Å². The van der Waals surface area contributed by atoms with Crippen molar-refractivity contribution in [1.82, 2.24) is 15.1 Å². The van der Waals surface area contributed by atoms with Crippen LogP contribution in [0.25, 0.3) is 16.9 Å². The summed E-state index contributed by atoms with van der Waals surface area (Å²) in [6.07, 6.45) is 1.11. The van der Waals surface area contributed by atoms with Gasteiger partial charge in [0.2, 0.25) is 0 Å². The highest BCUT2D eigenvalue weighted by molar-refractivity contribution is 7.85. The lowest BCUT2D eigenvalue weighted by atomic mass is 10.0. The van der Waals surface area contributed by atoms with Gasteiger partial charge in [-0.3, -0.25) is 8.98 Å². The Bertz CT molecular complexity index is 1220. The molecule has 1 aromatic heterocycles. The Balaban J connectivity index is 2.24. The predicted octanol–water partition coefficient (Wildman–Crippen LogP) is 4.50. The molecule has 0 fully saturated rings. The smallest absolute Gasteiger partial charge is 0.272 e. The number of amides is 1. The Labute approximate surface area is 197 Å². The zero-order valence-electron chi connectivity index (χ0n) is 17.8. The molecule has 0 atom stereocenters. The van der Waals surface area contributed by atoms with E-state index in [1.165, 1.54) is 0 Å². The molecule has 32 heavy (non-hydrogen) atoms. The van der Waals surface area contributed by atoms with E-state index in [-0.39, 0.29) is 30.7 Å². The first-order chi connectivity index (χ1) is 15.1. The molecular formula is C22H23Cl2N3O4S. The van der Waals surface area contributed by atoms with Gasteiger partial charge in [-0.2, -0.15) is 13.5 Å². The lowest BCUT2D eigenvalue weighted by Crippen LogP contribution is -2.31. The number of para-hydroxylation sites is 1. The normalized spacial score (nSPS) is 11.7. The van der Waals surface area contributed by atoms with Crippen molar-refractivity contribution in [2.75, 3.05) is 12.9 Å². The number of carbonyl (C=O) groups is 1. The minimum absolute atomic E-state index is 0.118. The molecular weight excluding hydrogens is 473 g/mol. The summed E-state index contributed by atoms with van der Waals surface area (Å²) in [7, 11) is -3.65. The van der Waals surface area contributed by atoms with Gasteiger partial charge in [-0.05, 0) is 38.1 Å². The summed E-state index contributed by atoms with van der Waals surface area (Å²) in [5.74, 6) is -0.379. The van der Waals surface area contributed by atoms with Crippen LogP contribution in [-0.2, 0) is 20.7 Å². The Morgan fingerprint density at radius 3 is 2.38 bits per heavy atom. The molecule has 0 radical (unpaired) electrons. The summed E-state index contributed by atoms with van der Waals surface area (Å²) in [5.41, 5.74) is 2.61. The van der Waals surface area contributed by atoms with Crippen molar-refractivity contribution in [2.45, 2.75) is 26.3 Å². The first-order valence-corrected chi connectivity index (χ1v) is 12.4. The number of benzene rings is 2. The maximum Gasteiger partial charge on any atom is 0.272 e. The molecule has 0 spiro atoms. The maximum atomic E-state index is 13.0. The summed E-state index contributed by atoms with van der Waals surface area (Å²) in [4.78, 5) is 13.0. The Morgan fingerprint density at radius 2 is 1.78 bits per heavy atom. The van der Waals surface area contributed by atoms with E-state index in [0.29, 0.717) is 27.0 Å². The second-order valence-corrected chi connectivity index (χ2v) is 9.94. The minimum atomic E-state index is -3.65. The van der Waals surface area contributed by atoms with Gasteiger partial charge in [-0.1, -0.05) is 47.5 Å². The molecule has 0 aliphatic rings. The van der Waals surface area contributed by atoms with E-state index in [1.807, 2.05) is 19.9 Å². The van der Waals surface area contributed by atoms with Crippen LogP contribution >= 0.6 is 23.2 Å². The zero-order chi connectivity index (χ0) is 23.5. The third kappa shape index (κ3) is 5.89. The molecule has 170 valence electrons. The highest BCUT2D eigenvalue weighted by atomic mass is 35.5. The van der Waals surface area contributed by atoms with Gasteiger partial charge in [-0.15, -0.1) is 0 Å². The highest BCUT2D eigenvalue weighted by Crippen LogP contribution is 2.33. The molecule has 10 heteroatoms.